The van der Waals surface area contributed by atoms with Gasteiger partial charge in [0.1, 0.15) is 24.7 Å². The van der Waals surface area contributed by atoms with Crippen LogP contribution in [0.5, 0.6) is 11.5 Å². The second-order valence-electron chi connectivity index (χ2n) is 10.6. The van der Waals surface area contributed by atoms with Gasteiger partial charge in [-0.05, 0) is 24.3 Å². The Hall–Kier alpha value is -2.05. The Balaban J connectivity index is 1.67. The van der Waals surface area contributed by atoms with E-state index >= 15 is 0 Å². The van der Waals surface area contributed by atoms with E-state index in [0.717, 1.165) is 11.5 Å². The normalized spacial score (nSPS) is 11.8. The third kappa shape index (κ3) is 9.67. The highest BCUT2D eigenvalue weighted by Gasteiger charge is 2.24. The topological polar surface area (TPSA) is 18.5 Å². The second kappa shape index (κ2) is 14.4. The van der Waals surface area contributed by atoms with E-state index in [-0.39, 0.29) is 0 Å². The Labute approximate surface area is 211 Å². The van der Waals surface area contributed by atoms with Gasteiger partial charge in [-0.15, -0.1) is 0 Å². The molecule has 0 atom stereocenters. The summed E-state index contributed by atoms with van der Waals surface area (Å²) in [7, 11) is -2.83. The van der Waals surface area contributed by atoms with Crippen LogP contribution in [0.1, 0.15) is 38.5 Å². The van der Waals surface area contributed by atoms with Crippen molar-refractivity contribution in [1.82, 2.24) is 0 Å². The van der Waals surface area contributed by atoms with Crippen LogP contribution in [0.15, 0.2) is 73.8 Å². The summed E-state index contributed by atoms with van der Waals surface area (Å²) in [5.74, 6) is 1.95. The van der Waals surface area contributed by atoms with E-state index in [1.165, 1.54) is 61.0 Å². The van der Waals surface area contributed by atoms with Crippen molar-refractivity contribution in [2.75, 3.05) is 13.2 Å². The van der Waals surface area contributed by atoms with Crippen LogP contribution >= 0.6 is 0 Å². The summed E-state index contributed by atoms with van der Waals surface area (Å²) in [5.41, 5.74) is 0. The number of unbranched alkanes of at least 4 members (excludes halogenated alkanes) is 5. The zero-order valence-electron chi connectivity index (χ0n) is 22.1. The smallest absolute Gasteiger partial charge is 0.119 e. The molecule has 0 radical (unpaired) electrons. The van der Waals surface area contributed by atoms with E-state index in [1.54, 1.807) is 12.2 Å². The highest BCUT2D eigenvalue weighted by Crippen LogP contribution is 2.21. The molecule has 34 heavy (non-hydrogen) atoms. The molecule has 0 aliphatic heterocycles. The van der Waals surface area contributed by atoms with Crippen LogP contribution in [0.2, 0.25) is 38.3 Å². The van der Waals surface area contributed by atoms with Gasteiger partial charge in [-0.25, -0.2) is 0 Å². The lowest BCUT2D eigenvalue weighted by Crippen LogP contribution is -2.41. The zero-order valence-corrected chi connectivity index (χ0v) is 24.1. The molecule has 0 heterocycles. The lowest BCUT2D eigenvalue weighted by Gasteiger charge is -2.24. The average molecular weight is 495 g/mol. The number of ether oxygens (including phenoxy) is 2. The Morgan fingerprint density at radius 1 is 0.618 bits per heavy atom. The molecule has 0 fully saturated rings. The summed E-state index contributed by atoms with van der Waals surface area (Å²) in [6, 6.07) is 20.2. The third-order valence-electron chi connectivity index (χ3n) is 6.82. The molecule has 0 unspecified atom stereocenters. The van der Waals surface area contributed by atoms with Gasteiger partial charge in [0.15, 0.2) is 0 Å². The van der Waals surface area contributed by atoms with Crippen molar-refractivity contribution in [2.45, 2.75) is 76.8 Å². The summed E-state index contributed by atoms with van der Waals surface area (Å²) in [6.07, 6.45) is 11.7. The minimum absolute atomic E-state index is 0.571. The first-order chi connectivity index (χ1) is 16.3. The molecule has 0 aliphatic rings. The molecule has 0 spiro atoms. The Morgan fingerprint density at radius 3 is 1.38 bits per heavy atom. The average Bonchev–Trinajstić information content (AvgIpc) is 2.83. The van der Waals surface area contributed by atoms with Gasteiger partial charge in [-0.3, -0.25) is 0 Å². The van der Waals surface area contributed by atoms with Crippen LogP contribution in [-0.2, 0) is 0 Å². The predicted octanol–water partition coefficient (Wildman–Crippen LogP) is 7.69. The van der Waals surface area contributed by atoms with Crippen LogP contribution in [0.25, 0.3) is 0 Å². The molecule has 0 bridgehead atoms. The van der Waals surface area contributed by atoms with Crippen LogP contribution in [0.3, 0.4) is 0 Å². The van der Waals surface area contributed by atoms with E-state index in [2.05, 4.69) is 87.9 Å². The molecule has 2 rings (SSSR count). The van der Waals surface area contributed by atoms with Crippen LogP contribution in [0.4, 0.5) is 0 Å². The Kier molecular flexibility index (Phi) is 11.9. The number of benzene rings is 2. The molecule has 4 heteroatoms. The first kappa shape index (κ1) is 28.2. The van der Waals surface area contributed by atoms with Crippen molar-refractivity contribution in [3.63, 3.8) is 0 Å². The van der Waals surface area contributed by atoms with E-state index < -0.39 is 16.1 Å². The lowest BCUT2D eigenvalue weighted by molar-refractivity contribution is 0.363. The van der Waals surface area contributed by atoms with E-state index in [9.17, 15) is 0 Å². The van der Waals surface area contributed by atoms with E-state index in [1.807, 2.05) is 0 Å². The van der Waals surface area contributed by atoms with Gasteiger partial charge < -0.3 is 9.47 Å². The van der Waals surface area contributed by atoms with Crippen LogP contribution in [-0.4, -0.2) is 29.4 Å². The maximum atomic E-state index is 5.74. The molecule has 2 aromatic carbocycles. The van der Waals surface area contributed by atoms with Gasteiger partial charge in [0.05, 0.1) is 16.1 Å². The fourth-order valence-corrected chi connectivity index (χ4v) is 9.46. The van der Waals surface area contributed by atoms with Crippen LogP contribution in [0, 0.1) is 0 Å². The number of hydrogen-bond donors (Lipinski definition) is 0. The van der Waals surface area contributed by atoms with Gasteiger partial charge in [0, 0.05) is 0 Å². The quantitative estimate of drug-likeness (QED) is 0.127. The van der Waals surface area contributed by atoms with Gasteiger partial charge in [0.2, 0.25) is 0 Å². The molecular weight excluding hydrogens is 449 g/mol. The number of hydrogen-bond acceptors (Lipinski definition) is 2. The Morgan fingerprint density at radius 2 is 1.00 bits per heavy atom. The van der Waals surface area contributed by atoms with Gasteiger partial charge in [-0.2, -0.15) is 0 Å². The first-order valence-electron chi connectivity index (χ1n) is 13.0. The van der Waals surface area contributed by atoms with Gasteiger partial charge in [0.25, 0.3) is 0 Å². The standard InChI is InChI=1S/C30H46O2Si2/c1-7-21-31-27-17-15-19-29(25-27)33(3,4)23-13-11-9-10-12-14-24-34(5,6)30-20-16-18-28(26-30)32-22-8-2/h7-8,15-20,25-26H,1-2,9-14,21-24H2,3-6H3. The van der Waals surface area contributed by atoms with Crippen molar-refractivity contribution in [3.8, 4) is 11.5 Å². The van der Waals surface area contributed by atoms with Crippen molar-refractivity contribution >= 4 is 26.5 Å². The van der Waals surface area contributed by atoms with Crippen LogP contribution < -0.4 is 19.8 Å². The SMILES string of the molecule is C=CCOc1cccc([Si](C)(C)CCCCCCCC[Si](C)(C)c2cccc(OCC=C)c2)c1. The van der Waals surface area contributed by atoms with Crippen molar-refractivity contribution in [3.05, 3.63) is 73.8 Å². The monoisotopic (exact) mass is 494 g/mol. The molecule has 0 saturated carbocycles. The second-order valence-corrected chi connectivity index (χ2v) is 20.3. The maximum Gasteiger partial charge on any atom is 0.119 e. The minimum Gasteiger partial charge on any atom is -0.490 e. The zero-order chi connectivity index (χ0) is 24.9. The minimum atomic E-state index is -1.42. The molecule has 0 aromatic heterocycles. The molecule has 2 aromatic rings. The highest BCUT2D eigenvalue weighted by atomic mass is 28.3. The molecule has 0 N–H and O–H groups in total. The molecule has 0 amide bonds. The fourth-order valence-electron chi connectivity index (χ4n) is 4.45. The number of rotatable bonds is 17. The summed E-state index contributed by atoms with van der Waals surface area (Å²) >= 11 is 0. The van der Waals surface area contributed by atoms with E-state index in [0.29, 0.717) is 13.2 Å². The molecule has 0 aliphatic carbocycles. The predicted molar refractivity (Wildman–Crippen MR) is 156 cm³/mol. The lowest BCUT2D eigenvalue weighted by atomic mass is 10.1. The molecule has 0 saturated heterocycles. The maximum absolute atomic E-state index is 5.74. The summed E-state index contributed by atoms with van der Waals surface area (Å²) in [4.78, 5) is 0. The summed E-state index contributed by atoms with van der Waals surface area (Å²) in [6.45, 7) is 18.6. The third-order valence-corrected chi connectivity index (χ3v) is 13.8. The summed E-state index contributed by atoms with van der Waals surface area (Å²) in [5, 5.41) is 3.00. The molecular formula is C30H46O2Si2. The summed E-state index contributed by atoms with van der Waals surface area (Å²) < 4.78 is 11.5. The van der Waals surface area contributed by atoms with Crippen molar-refractivity contribution in [2.24, 2.45) is 0 Å². The molecule has 2 nitrogen and oxygen atoms in total. The van der Waals surface area contributed by atoms with Gasteiger partial charge >= 0.3 is 0 Å². The molecule has 186 valence electrons. The largest absolute Gasteiger partial charge is 0.490 e. The highest BCUT2D eigenvalue weighted by molar-refractivity contribution is 6.90. The van der Waals surface area contributed by atoms with Crippen molar-refractivity contribution in [1.29, 1.82) is 0 Å². The Bertz CT molecular complexity index is 815. The first-order valence-corrected chi connectivity index (χ1v) is 19.4. The van der Waals surface area contributed by atoms with E-state index in [4.69, 9.17) is 9.47 Å². The fraction of sp³-hybridized carbons (Fsp3) is 0.467. The van der Waals surface area contributed by atoms with Crippen molar-refractivity contribution < 1.29 is 9.47 Å². The van der Waals surface area contributed by atoms with Gasteiger partial charge in [-0.1, -0.05) is 137 Å².